The average Bonchev–Trinajstić information content (AvgIpc) is 2.93. The lowest BCUT2D eigenvalue weighted by atomic mass is 10.0. The second-order valence-electron chi connectivity index (χ2n) is 4.95. The number of nitrogens with one attached hydrogen (secondary N) is 1. The Morgan fingerprint density at radius 1 is 1.15 bits per heavy atom. The van der Waals surface area contributed by atoms with Crippen LogP contribution in [0, 0.1) is 0 Å². The van der Waals surface area contributed by atoms with Gasteiger partial charge >= 0.3 is 0 Å². The van der Waals surface area contributed by atoms with Crippen molar-refractivity contribution in [2.75, 3.05) is 7.05 Å². The second kappa shape index (κ2) is 5.47. The smallest absolute Gasteiger partial charge is 0.100 e. The molecule has 0 bridgehead atoms. The molecule has 3 nitrogen and oxygen atoms in total. The quantitative estimate of drug-likeness (QED) is 0.779. The molecular formula is C17H19N3. The summed E-state index contributed by atoms with van der Waals surface area (Å²) in [7, 11) is 2.01. The van der Waals surface area contributed by atoms with Crippen molar-refractivity contribution in [3.63, 3.8) is 0 Å². The minimum Gasteiger partial charge on any atom is -0.313 e. The van der Waals surface area contributed by atoms with Crippen molar-refractivity contribution in [3.05, 3.63) is 60.4 Å². The Hall–Kier alpha value is -2.13. The van der Waals surface area contributed by atoms with Gasteiger partial charge in [-0.3, -0.25) is 4.57 Å². The van der Waals surface area contributed by atoms with Crippen molar-refractivity contribution >= 4 is 11.0 Å². The van der Waals surface area contributed by atoms with Crippen LogP contribution in [0.2, 0.25) is 0 Å². The number of imidazole rings is 1. The summed E-state index contributed by atoms with van der Waals surface area (Å²) in [6.45, 7) is 2.19. The molecule has 1 N–H and O–H groups in total. The van der Waals surface area contributed by atoms with Gasteiger partial charge in [-0.15, -0.1) is 0 Å². The molecule has 0 aliphatic heterocycles. The summed E-state index contributed by atoms with van der Waals surface area (Å²) in [4.78, 5) is 4.46. The molecule has 20 heavy (non-hydrogen) atoms. The summed E-state index contributed by atoms with van der Waals surface area (Å²) in [6.07, 6.45) is 2.97. The van der Waals surface area contributed by atoms with Gasteiger partial charge in [0.2, 0.25) is 0 Å². The lowest BCUT2D eigenvalue weighted by Gasteiger charge is -2.15. The Morgan fingerprint density at radius 3 is 2.80 bits per heavy atom. The molecule has 1 atom stereocenters. The third kappa shape index (κ3) is 2.21. The minimum absolute atomic E-state index is 0.393. The highest BCUT2D eigenvalue weighted by Crippen LogP contribution is 2.22. The van der Waals surface area contributed by atoms with Gasteiger partial charge in [-0.05, 0) is 43.3 Å². The van der Waals surface area contributed by atoms with Gasteiger partial charge in [0.05, 0.1) is 11.0 Å². The molecule has 3 heteroatoms. The van der Waals surface area contributed by atoms with Crippen LogP contribution in [-0.4, -0.2) is 16.6 Å². The standard InChI is InChI=1S/C17H19N3/c1-3-15(18-2)13-7-6-8-14(11-13)20-12-19-16-9-4-5-10-17(16)20/h4-12,15,18H,3H2,1-2H3. The van der Waals surface area contributed by atoms with E-state index in [2.05, 4.69) is 52.1 Å². The molecule has 1 unspecified atom stereocenters. The Morgan fingerprint density at radius 2 is 2.00 bits per heavy atom. The van der Waals surface area contributed by atoms with E-state index in [1.807, 2.05) is 31.6 Å². The fourth-order valence-electron chi connectivity index (χ4n) is 2.66. The molecular weight excluding hydrogens is 246 g/mol. The highest BCUT2D eigenvalue weighted by atomic mass is 15.0. The van der Waals surface area contributed by atoms with Crippen molar-refractivity contribution in [1.82, 2.24) is 14.9 Å². The van der Waals surface area contributed by atoms with E-state index in [-0.39, 0.29) is 0 Å². The third-order valence-electron chi connectivity index (χ3n) is 3.76. The van der Waals surface area contributed by atoms with Crippen molar-refractivity contribution in [2.45, 2.75) is 19.4 Å². The van der Waals surface area contributed by atoms with E-state index >= 15 is 0 Å². The van der Waals surface area contributed by atoms with E-state index in [1.54, 1.807) is 0 Å². The molecule has 0 saturated carbocycles. The summed E-state index contributed by atoms with van der Waals surface area (Å²) in [5.41, 5.74) is 4.64. The summed E-state index contributed by atoms with van der Waals surface area (Å²) in [5, 5.41) is 3.35. The number of fused-ring (bicyclic) bond motifs is 1. The molecule has 3 rings (SSSR count). The fraction of sp³-hybridized carbons (Fsp3) is 0.235. The van der Waals surface area contributed by atoms with Crippen molar-refractivity contribution in [3.8, 4) is 5.69 Å². The molecule has 0 saturated heterocycles. The molecule has 3 aromatic rings. The predicted molar refractivity (Wildman–Crippen MR) is 83.2 cm³/mol. The van der Waals surface area contributed by atoms with Crippen LogP contribution in [-0.2, 0) is 0 Å². The van der Waals surface area contributed by atoms with Gasteiger partial charge in [-0.25, -0.2) is 4.98 Å². The van der Waals surface area contributed by atoms with Crippen molar-refractivity contribution in [1.29, 1.82) is 0 Å². The first-order chi connectivity index (χ1) is 9.83. The maximum Gasteiger partial charge on any atom is 0.100 e. The molecule has 0 aliphatic rings. The Labute approximate surface area is 119 Å². The zero-order valence-corrected chi connectivity index (χ0v) is 11.9. The monoisotopic (exact) mass is 265 g/mol. The first-order valence-electron chi connectivity index (χ1n) is 7.03. The summed E-state index contributed by atoms with van der Waals surface area (Å²) < 4.78 is 2.14. The summed E-state index contributed by atoms with van der Waals surface area (Å²) in [6, 6.07) is 17.2. The zero-order valence-electron chi connectivity index (χ0n) is 11.9. The maximum absolute atomic E-state index is 4.46. The van der Waals surface area contributed by atoms with Crippen molar-refractivity contribution < 1.29 is 0 Å². The number of aromatic nitrogens is 2. The van der Waals surface area contributed by atoms with E-state index in [4.69, 9.17) is 0 Å². The van der Waals surface area contributed by atoms with Gasteiger partial charge in [0, 0.05) is 11.7 Å². The van der Waals surface area contributed by atoms with E-state index in [0.717, 1.165) is 23.1 Å². The van der Waals surface area contributed by atoms with Crippen LogP contribution < -0.4 is 5.32 Å². The molecule has 0 amide bonds. The van der Waals surface area contributed by atoms with Gasteiger partial charge in [0.15, 0.2) is 0 Å². The van der Waals surface area contributed by atoms with Crippen LogP contribution in [0.15, 0.2) is 54.9 Å². The first-order valence-corrected chi connectivity index (χ1v) is 7.03. The van der Waals surface area contributed by atoms with E-state index < -0.39 is 0 Å². The molecule has 1 heterocycles. The van der Waals surface area contributed by atoms with Crippen LogP contribution in [0.4, 0.5) is 0 Å². The fourth-order valence-corrected chi connectivity index (χ4v) is 2.66. The molecule has 0 radical (unpaired) electrons. The normalized spacial score (nSPS) is 12.7. The van der Waals surface area contributed by atoms with Crippen LogP contribution in [0.5, 0.6) is 0 Å². The lowest BCUT2D eigenvalue weighted by Crippen LogP contribution is -2.15. The predicted octanol–water partition coefficient (Wildman–Crippen LogP) is 3.70. The number of hydrogen-bond donors (Lipinski definition) is 1. The largest absolute Gasteiger partial charge is 0.313 e. The lowest BCUT2D eigenvalue weighted by molar-refractivity contribution is 0.576. The van der Waals surface area contributed by atoms with Crippen molar-refractivity contribution in [2.24, 2.45) is 0 Å². The molecule has 0 aliphatic carbocycles. The molecule has 0 fully saturated rings. The third-order valence-corrected chi connectivity index (χ3v) is 3.76. The maximum atomic E-state index is 4.46. The van der Waals surface area contributed by atoms with Gasteiger partial charge < -0.3 is 5.32 Å². The van der Waals surface area contributed by atoms with Gasteiger partial charge in [-0.2, -0.15) is 0 Å². The number of benzene rings is 2. The molecule has 1 aromatic heterocycles. The molecule has 0 spiro atoms. The van der Waals surface area contributed by atoms with Crippen LogP contribution in [0.1, 0.15) is 24.9 Å². The average molecular weight is 265 g/mol. The Bertz CT molecular complexity index is 711. The van der Waals surface area contributed by atoms with E-state index in [0.29, 0.717) is 6.04 Å². The molecule has 102 valence electrons. The highest BCUT2D eigenvalue weighted by Gasteiger charge is 2.09. The second-order valence-corrected chi connectivity index (χ2v) is 4.95. The number of rotatable bonds is 4. The number of para-hydroxylation sites is 2. The summed E-state index contributed by atoms with van der Waals surface area (Å²) >= 11 is 0. The van der Waals surface area contributed by atoms with Gasteiger partial charge in [0.1, 0.15) is 6.33 Å². The SMILES string of the molecule is CCC(NC)c1cccc(-n2cnc3ccccc32)c1. The Balaban J connectivity index is 2.08. The minimum atomic E-state index is 0.393. The number of nitrogens with zero attached hydrogens (tertiary/aromatic N) is 2. The summed E-state index contributed by atoms with van der Waals surface area (Å²) in [5.74, 6) is 0. The van der Waals surface area contributed by atoms with Crippen LogP contribution in [0.25, 0.3) is 16.7 Å². The topological polar surface area (TPSA) is 29.9 Å². The van der Waals surface area contributed by atoms with Crippen LogP contribution >= 0.6 is 0 Å². The zero-order chi connectivity index (χ0) is 13.9. The van der Waals surface area contributed by atoms with Gasteiger partial charge in [-0.1, -0.05) is 31.2 Å². The van der Waals surface area contributed by atoms with E-state index in [1.165, 1.54) is 5.56 Å². The Kier molecular flexibility index (Phi) is 3.52. The molecule has 2 aromatic carbocycles. The van der Waals surface area contributed by atoms with Gasteiger partial charge in [0.25, 0.3) is 0 Å². The van der Waals surface area contributed by atoms with Crippen LogP contribution in [0.3, 0.4) is 0 Å². The first kappa shape index (κ1) is 12.9. The number of hydrogen-bond acceptors (Lipinski definition) is 2. The van der Waals surface area contributed by atoms with E-state index in [9.17, 15) is 0 Å². The highest BCUT2D eigenvalue weighted by molar-refractivity contribution is 5.77.